The van der Waals surface area contributed by atoms with Crippen LogP contribution in [-0.2, 0) is 4.79 Å². The summed E-state index contributed by atoms with van der Waals surface area (Å²) in [6, 6.07) is -0.135. The molecule has 7 heteroatoms. The summed E-state index contributed by atoms with van der Waals surface area (Å²) >= 11 is 6.57. The van der Waals surface area contributed by atoms with Gasteiger partial charge in [-0.15, -0.1) is 11.6 Å². The molecule has 5 N–H and O–H groups in total. The molecule has 1 aliphatic carbocycles. The molecular formula is C18H33ClN2O4. The van der Waals surface area contributed by atoms with Crippen molar-refractivity contribution < 1.29 is 20.1 Å². The average Bonchev–Trinajstić information content (AvgIpc) is 2.61. The first-order valence-electron chi connectivity index (χ1n) is 9.41. The number of piperidine rings is 1. The van der Waals surface area contributed by atoms with Gasteiger partial charge in [0.1, 0.15) is 0 Å². The Kier molecular flexibility index (Phi) is 7.52. The van der Waals surface area contributed by atoms with Gasteiger partial charge in [0.25, 0.3) is 5.91 Å². The first-order chi connectivity index (χ1) is 11.8. The van der Waals surface area contributed by atoms with Gasteiger partial charge >= 0.3 is 0 Å². The van der Waals surface area contributed by atoms with Crippen LogP contribution < -0.4 is 5.73 Å². The zero-order valence-corrected chi connectivity index (χ0v) is 16.0. The van der Waals surface area contributed by atoms with E-state index >= 15 is 0 Å². The third kappa shape index (κ3) is 4.86. The lowest BCUT2D eigenvalue weighted by Gasteiger charge is -2.44. The Bertz CT molecular complexity index is 443. The first kappa shape index (κ1) is 20.9. The molecule has 146 valence electrons. The van der Waals surface area contributed by atoms with Crippen LogP contribution in [-0.4, -0.2) is 69.4 Å². The minimum Gasteiger partial charge on any atom is -0.393 e. The van der Waals surface area contributed by atoms with Gasteiger partial charge in [0.05, 0.1) is 12.7 Å². The molecule has 0 spiro atoms. The summed E-state index contributed by atoms with van der Waals surface area (Å²) in [6.45, 7) is 4.77. The second kappa shape index (κ2) is 9.00. The molecule has 25 heavy (non-hydrogen) atoms. The number of carbonyl (C=O) groups excluding carboxylic acids is 1. The van der Waals surface area contributed by atoms with E-state index in [0.717, 1.165) is 19.3 Å². The average molecular weight is 377 g/mol. The number of amides is 1. The van der Waals surface area contributed by atoms with Crippen LogP contribution in [0.3, 0.4) is 0 Å². The van der Waals surface area contributed by atoms with Crippen molar-refractivity contribution in [3.05, 3.63) is 0 Å². The van der Waals surface area contributed by atoms with Gasteiger partial charge in [-0.3, -0.25) is 4.79 Å². The number of likely N-dealkylation sites (tertiary alicyclic amines) is 1. The molecule has 0 aromatic heterocycles. The van der Waals surface area contributed by atoms with E-state index in [9.17, 15) is 15.0 Å². The maximum absolute atomic E-state index is 11.9. The van der Waals surface area contributed by atoms with Crippen molar-refractivity contribution >= 4 is 17.5 Å². The van der Waals surface area contributed by atoms with Crippen LogP contribution in [0.4, 0.5) is 0 Å². The molecule has 1 heterocycles. The third-order valence-electron chi connectivity index (χ3n) is 6.17. The van der Waals surface area contributed by atoms with E-state index in [-0.39, 0.29) is 23.3 Å². The molecule has 6 atom stereocenters. The Hall–Kier alpha value is -0.400. The highest BCUT2D eigenvalue weighted by Crippen LogP contribution is 2.40. The lowest BCUT2D eigenvalue weighted by atomic mass is 9.69. The largest absolute Gasteiger partial charge is 0.393 e. The summed E-state index contributed by atoms with van der Waals surface area (Å²) in [4.78, 5) is 13.5. The van der Waals surface area contributed by atoms with Crippen molar-refractivity contribution in [2.24, 2.45) is 29.4 Å². The van der Waals surface area contributed by atoms with E-state index in [1.165, 1.54) is 0 Å². The highest BCUT2D eigenvalue weighted by atomic mass is 35.5. The normalized spacial score (nSPS) is 34.2. The number of aliphatic hydroxyl groups excluding tert-OH is 3. The Morgan fingerprint density at radius 1 is 1.24 bits per heavy atom. The summed E-state index contributed by atoms with van der Waals surface area (Å²) in [5.74, 6) is 0.566. The SMILES string of the molecule is CC(C)C1CC(O)C([C@H](N)C2CCN(C(=O)[C@H](O)CO)CC2)CC1Cl. The topological polar surface area (TPSA) is 107 Å². The van der Waals surface area contributed by atoms with Crippen molar-refractivity contribution in [2.75, 3.05) is 19.7 Å². The number of carbonyl (C=O) groups is 1. The van der Waals surface area contributed by atoms with E-state index in [4.69, 9.17) is 22.4 Å². The number of alkyl halides is 1. The molecule has 2 fully saturated rings. The molecule has 1 amide bonds. The predicted octanol–water partition coefficient (Wildman–Crippen LogP) is 0.556. The molecule has 6 nitrogen and oxygen atoms in total. The van der Waals surface area contributed by atoms with Crippen molar-refractivity contribution in [3.63, 3.8) is 0 Å². The van der Waals surface area contributed by atoms with Gasteiger partial charge in [0.2, 0.25) is 0 Å². The molecule has 4 unspecified atom stereocenters. The van der Waals surface area contributed by atoms with Gasteiger partial charge in [-0.2, -0.15) is 0 Å². The van der Waals surface area contributed by atoms with Crippen LogP contribution in [0.25, 0.3) is 0 Å². The van der Waals surface area contributed by atoms with Crippen molar-refractivity contribution in [1.29, 1.82) is 0 Å². The molecule has 1 saturated carbocycles. The minimum absolute atomic E-state index is 0.00668. The minimum atomic E-state index is -1.34. The fraction of sp³-hybridized carbons (Fsp3) is 0.944. The van der Waals surface area contributed by atoms with E-state index in [0.29, 0.717) is 31.3 Å². The van der Waals surface area contributed by atoms with E-state index < -0.39 is 24.7 Å². The number of hydrogen-bond acceptors (Lipinski definition) is 5. The smallest absolute Gasteiger partial charge is 0.253 e. The summed E-state index contributed by atoms with van der Waals surface area (Å²) in [6.07, 6.45) is 1.16. The van der Waals surface area contributed by atoms with Crippen LogP contribution in [0.1, 0.15) is 39.5 Å². The Morgan fingerprint density at radius 2 is 1.84 bits per heavy atom. The highest BCUT2D eigenvalue weighted by Gasteiger charge is 2.42. The lowest BCUT2D eigenvalue weighted by molar-refractivity contribution is -0.143. The van der Waals surface area contributed by atoms with Gasteiger partial charge in [0.15, 0.2) is 6.10 Å². The maximum Gasteiger partial charge on any atom is 0.253 e. The molecule has 1 aliphatic heterocycles. The van der Waals surface area contributed by atoms with E-state index in [1.807, 2.05) is 0 Å². The number of halogens is 1. The summed E-state index contributed by atoms with van der Waals surface area (Å²) in [7, 11) is 0. The Morgan fingerprint density at radius 3 is 2.36 bits per heavy atom. The van der Waals surface area contributed by atoms with Crippen LogP contribution in [0.5, 0.6) is 0 Å². The van der Waals surface area contributed by atoms with Gasteiger partial charge in [-0.25, -0.2) is 0 Å². The molecule has 0 bridgehead atoms. The van der Waals surface area contributed by atoms with Crippen molar-refractivity contribution in [3.8, 4) is 0 Å². The standard InChI is InChI=1S/C18H33ClN2O4/c1-10(2)12-8-15(23)13(7-14(12)19)17(20)11-3-5-21(6-4-11)18(25)16(24)9-22/h10-17,22-24H,3-9,20H2,1-2H3/t12?,13?,14?,15?,16-,17-/m1/s1. The van der Waals surface area contributed by atoms with Crippen LogP contribution in [0.15, 0.2) is 0 Å². The number of nitrogens with zero attached hydrogens (tertiary/aromatic N) is 1. The monoisotopic (exact) mass is 376 g/mol. The summed E-state index contributed by atoms with van der Waals surface area (Å²) in [5.41, 5.74) is 6.49. The van der Waals surface area contributed by atoms with Crippen LogP contribution in [0.2, 0.25) is 0 Å². The number of aliphatic hydroxyl groups is 3. The van der Waals surface area contributed by atoms with Crippen LogP contribution in [0, 0.1) is 23.7 Å². The second-order valence-electron chi connectivity index (χ2n) is 8.06. The lowest BCUT2D eigenvalue weighted by Crippen LogP contribution is -2.53. The number of nitrogens with two attached hydrogens (primary N) is 1. The molecule has 0 aromatic carbocycles. The second-order valence-corrected chi connectivity index (χ2v) is 8.63. The molecular weight excluding hydrogens is 344 g/mol. The van der Waals surface area contributed by atoms with Gasteiger partial charge in [-0.1, -0.05) is 13.8 Å². The zero-order chi connectivity index (χ0) is 18.7. The highest BCUT2D eigenvalue weighted by molar-refractivity contribution is 6.20. The predicted molar refractivity (Wildman–Crippen MR) is 97.1 cm³/mol. The quantitative estimate of drug-likeness (QED) is 0.524. The van der Waals surface area contributed by atoms with E-state index in [2.05, 4.69) is 13.8 Å². The summed E-state index contributed by atoms with van der Waals surface area (Å²) in [5, 5.41) is 29.0. The number of rotatable bonds is 5. The molecule has 1 saturated heterocycles. The summed E-state index contributed by atoms with van der Waals surface area (Å²) < 4.78 is 0. The maximum atomic E-state index is 11.9. The number of hydrogen-bond donors (Lipinski definition) is 4. The molecule has 0 radical (unpaired) electrons. The first-order valence-corrected chi connectivity index (χ1v) is 9.85. The van der Waals surface area contributed by atoms with Crippen molar-refractivity contribution in [1.82, 2.24) is 4.90 Å². The fourth-order valence-corrected chi connectivity index (χ4v) is 5.04. The molecule has 2 rings (SSSR count). The zero-order valence-electron chi connectivity index (χ0n) is 15.2. The van der Waals surface area contributed by atoms with Gasteiger partial charge in [-0.05, 0) is 43.4 Å². The molecule has 2 aliphatic rings. The molecule has 0 aromatic rings. The van der Waals surface area contributed by atoms with Crippen LogP contribution >= 0.6 is 11.6 Å². The van der Waals surface area contributed by atoms with Gasteiger partial charge < -0.3 is 26.0 Å². The third-order valence-corrected chi connectivity index (χ3v) is 6.68. The Labute approximate surface area is 155 Å². The van der Waals surface area contributed by atoms with E-state index in [1.54, 1.807) is 4.90 Å². The van der Waals surface area contributed by atoms with Crippen molar-refractivity contribution in [2.45, 2.75) is 63.2 Å². The van der Waals surface area contributed by atoms with Gasteiger partial charge in [0, 0.05) is 30.4 Å². The Balaban J connectivity index is 1.90. The fourth-order valence-electron chi connectivity index (χ4n) is 4.44.